The van der Waals surface area contributed by atoms with E-state index in [1.54, 1.807) is 18.2 Å². The first-order valence-corrected chi connectivity index (χ1v) is 12.7. The van der Waals surface area contributed by atoms with Gasteiger partial charge in [0.05, 0.1) is 12.0 Å². The molecular weight excluding hydrogens is 455 g/mol. The number of carbonyl (C=O) groups is 1. The molecule has 4 rings (SSSR count). The number of rotatable bonds is 7. The zero-order chi connectivity index (χ0) is 25.5. The number of carboxylic acids is 1. The molecule has 4 nitrogen and oxygen atoms in total. The summed E-state index contributed by atoms with van der Waals surface area (Å²) in [5, 5.41) is 13.5. The van der Waals surface area contributed by atoms with Crippen LogP contribution >= 0.6 is 0 Å². The minimum Gasteiger partial charge on any atom is -0.490 e. The molecule has 35 heavy (non-hydrogen) atoms. The van der Waals surface area contributed by atoms with Crippen molar-refractivity contribution in [2.45, 2.75) is 90.6 Å². The van der Waals surface area contributed by atoms with Crippen LogP contribution in [-0.4, -0.2) is 23.2 Å². The number of ether oxygens (including phenoxy) is 1. The van der Waals surface area contributed by atoms with Gasteiger partial charge in [0.25, 0.3) is 0 Å². The summed E-state index contributed by atoms with van der Waals surface area (Å²) >= 11 is 0. The Morgan fingerprint density at radius 1 is 1.17 bits per heavy atom. The smallest absolute Gasteiger partial charge is 0.420 e. The van der Waals surface area contributed by atoms with Crippen molar-refractivity contribution in [3.63, 3.8) is 0 Å². The van der Waals surface area contributed by atoms with E-state index >= 15 is 0 Å². The SMILES string of the molecule is CC[C@H]1CC[C@@H](Oc2ccc3ccc(C(C)N[C@@H]4C[C@H](C(=O)O)C4(C)C)cc3c2C(F)(F)F)CC1. The summed E-state index contributed by atoms with van der Waals surface area (Å²) in [6, 6.07) is 8.08. The lowest BCUT2D eigenvalue weighted by Gasteiger charge is -2.51. The Labute approximate surface area is 205 Å². The van der Waals surface area contributed by atoms with Gasteiger partial charge in [-0.1, -0.05) is 45.4 Å². The maximum atomic E-state index is 14.3. The van der Waals surface area contributed by atoms with Crippen molar-refractivity contribution in [1.29, 1.82) is 0 Å². The van der Waals surface area contributed by atoms with E-state index < -0.39 is 29.0 Å². The fourth-order valence-corrected chi connectivity index (χ4v) is 5.84. The van der Waals surface area contributed by atoms with Crippen LogP contribution in [0.25, 0.3) is 10.8 Å². The van der Waals surface area contributed by atoms with E-state index in [2.05, 4.69) is 12.2 Å². The van der Waals surface area contributed by atoms with Crippen LogP contribution in [0.3, 0.4) is 0 Å². The molecule has 0 saturated heterocycles. The van der Waals surface area contributed by atoms with E-state index in [0.717, 1.165) is 37.7 Å². The number of nitrogens with one attached hydrogen (secondary N) is 1. The Kier molecular flexibility index (Phi) is 7.11. The van der Waals surface area contributed by atoms with Gasteiger partial charge in [0.2, 0.25) is 0 Å². The predicted molar refractivity (Wildman–Crippen MR) is 130 cm³/mol. The highest BCUT2D eigenvalue weighted by molar-refractivity contribution is 5.89. The van der Waals surface area contributed by atoms with Gasteiger partial charge in [0.1, 0.15) is 11.3 Å². The van der Waals surface area contributed by atoms with Crippen LogP contribution in [0.15, 0.2) is 30.3 Å². The van der Waals surface area contributed by atoms with E-state index in [9.17, 15) is 23.1 Å². The third-order valence-electron chi connectivity index (χ3n) is 8.47. The standard InChI is InChI=1S/C28H36F3NO3/c1-5-17-6-11-20(12-7-17)35-23-13-10-18-8-9-19(14-21(18)25(23)28(29,30)31)16(2)32-24-15-22(26(33)34)27(24,3)4/h8-10,13-14,16-17,20,22,24,32H,5-7,11-12,15H2,1-4H3,(H,33,34)/t16?,17-,20+,22-,24-/m1/s1. The van der Waals surface area contributed by atoms with E-state index in [1.165, 1.54) is 6.07 Å². The topological polar surface area (TPSA) is 58.6 Å². The van der Waals surface area contributed by atoms with Crippen LogP contribution in [0.2, 0.25) is 0 Å². The van der Waals surface area contributed by atoms with Gasteiger partial charge in [0.15, 0.2) is 0 Å². The second-order valence-electron chi connectivity index (χ2n) is 11.0. The van der Waals surface area contributed by atoms with E-state index in [4.69, 9.17) is 4.74 Å². The molecule has 192 valence electrons. The molecule has 2 aromatic carbocycles. The summed E-state index contributed by atoms with van der Waals surface area (Å²) in [7, 11) is 0. The summed E-state index contributed by atoms with van der Waals surface area (Å²) in [6.07, 6.45) is 0.408. The highest BCUT2D eigenvalue weighted by Crippen LogP contribution is 2.47. The number of halogens is 3. The molecule has 0 bridgehead atoms. The van der Waals surface area contributed by atoms with Gasteiger partial charge in [-0.15, -0.1) is 0 Å². The maximum Gasteiger partial charge on any atom is 0.420 e. The fraction of sp³-hybridized carbons (Fsp3) is 0.607. The van der Waals surface area contributed by atoms with Gasteiger partial charge < -0.3 is 15.2 Å². The molecular formula is C28H36F3NO3. The summed E-state index contributed by atoms with van der Waals surface area (Å²) < 4.78 is 49.0. The van der Waals surface area contributed by atoms with Crippen molar-refractivity contribution >= 4 is 16.7 Å². The van der Waals surface area contributed by atoms with Gasteiger partial charge in [-0.3, -0.25) is 4.79 Å². The quantitative estimate of drug-likeness (QED) is 0.425. The van der Waals surface area contributed by atoms with Crippen molar-refractivity contribution < 1.29 is 27.8 Å². The molecule has 2 saturated carbocycles. The van der Waals surface area contributed by atoms with Crippen LogP contribution in [0, 0.1) is 17.3 Å². The third-order valence-corrected chi connectivity index (χ3v) is 8.47. The third kappa shape index (κ3) is 5.16. The van der Waals surface area contributed by atoms with Crippen molar-refractivity contribution in [3.8, 4) is 5.75 Å². The Morgan fingerprint density at radius 3 is 2.40 bits per heavy atom. The molecule has 0 radical (unpaired) electrons. The minimum atomic E-state index is -4.55. The van der Waals surface area contributed by atoms with E-state index in [-0.39, 0.29) is 29.3 Å². The first-order valence-electron chi connectivity index (χ1n) is 12.7. The molecule has 0 amide bonds. The van der Waals surface area contributed by atoms with Crippen molar-refractivity contribution in [1.82, 2.24) is 5.32 Å². The van der Waals surface area contributed by atoms with Crippen molar-refractivity contribution in [2.75, 3.05) is 0 Å². The lowest BCUT2D eigenvalue weighted by molar-refractivity contribution is -0.155. The number of fused-ring (bicyclic) bond motifs is 1. The van der Waals surface area contributed by atoms with Crippen LogP contribution in [0.4, 0.5) is 13.2 Å². The molecule has 0 spiro atoms. The Morgan fingerprint density at radius 2 is 1.83 bits per heavy atom. The number of hydrogen-bond acceptors (Lipinski definition) is 3. The van der Waals surface area contributed by atoms with Gasteiger partial charge >= 0.3 is 12.1 Å². The Balaban J connectivity index is 1.60. The van der Waals surface area contributed by atoms with Crippen molar-refractivity contribution in [2.24, 2.45) is 17.3 Å². The second-order valence-corrected chi connectivity index (χ2v) is 11.0. The van der Waals surface area contributed by atoms with Crippen molar-refractivity contribution in [3.05, 3.63) is 41.5 Å². The summed E-state index contributed by atoms with van der Waals surface area (Å²) in [6.45, 7) is 7.89. The number of hydrogen-bond donors (Lipinski definition) is 2. The molecule has 1 unspecified atom stereocenters. The monoisotopic (exact) mass is 491 g/mol. The van der Waals surface area contributed by atoms with E-state index in [0.29, 0.717) is 17.7 Å². The number of carboxylic acid groups (broad SMARTS) is 1. The molecule has 0 aromatic heterocycles. The number of benzene rings is 2. The van der Waals surface area contributed by atoms with Crippen LogP contribution in [0.5, 0.6) is 5.75 Å². The number of aliphatic carboxylic acids is 1. The van der Waals surface area contributed by atoms with Crippen LogP contribution in [0.1, 0.15) is 83.4 Å². The normalized spacial score (nSPS) is 27.3. The molecule has 3 atom stereocenters. The average molecular weight is 492 g/mol. The predicted octanol–water partition coefficient (Wildman–Crippen LogP) is 7.36. The number of alkyl halides is 3. The molecule has 0 heterocycles. The lowest BCUT2D eigenvalue weighted by atomic mass is 9.58. The molecule has 2 aliphatic carbocycles. The van der Waals surface area contributed by atoms with E-state index in [1.807, 2.05) is 26.8 Å². The second kappa shape index (κ2) is 9.64. The highest BCUT2D eigenvalue weighted by atomic mass is 19.4. The maximum absolute atomic E-state index is 14.3. The fourth-order valence-electron chi connectivity index (χ4n) is 5.84. The summed E-state index contributed by atoms with van der Waals surface area (Å²) in [5.41, 5.74) is -0.402. The first kappa shape index (κ1) is 25.8. The van der Waals surface area contributed by atoms with Gasteiger partial charge in [-0.2, -0.15) is 13.2 Å². The lowest BCUT2D eigenvalue weighted by Crippen LogP contribution is -2.59. The molecule has 2 N–H and O–H groups in total. The molecule has 2 fully saturated rings. The first-order chi connectivity index (χ1) is 16.4. The zero-order valence-corrected chi connectivity index (χ0v) is 20.9. The Bertz CT molecular complexity index is 1070. The Hall–Kier alpha value is -2.28. The highest BCUT2D eigenvalue weighted by Gasteiger charge is 2.52. The van der Waals surface area contributed by atoms with Gasteiger partial charge in [0, 0.05) is 12.1 Å². The average Bonchev–Trinajstić information content (AvgIpc) is 2.80. The zero-order valence-electron chi connectivity index (χ0n) is 20.9. The summed E-state index contributed by atoms with van der Waals surface area (Å²) in [5.74, 6) is -0.687. The molecule has 2 aliphatic rings. The van der Waals surface area contributed by atoms with Crippen LogP contribution < -0.4 is 10.1 Å². The van der Waals surface area contributed by atoms with Crippen LogP contribution in [-0.2, 0) is 11.0 Å². The van der Waals surface area contributed by atoms with Gasteiger partial charge in [-0.05, 0) is 78.8 Å². The van der Waals surface area contributed by atoms with Gasteiger partial charge in [-0.25, -0.2) is 0 Å². The minimum absolute atomic E-state index is 0.0238. The molecule has 0 aliphatic heterocycles. The molecule has 2 aromatic rings. The molecule has 7 heteroatoms. The summed E-state index contributed by atoms with van der Waals surface area (Å²) in [4.78, 5) is 11.4. The largest absolute Gasteiger partial charge is 0.490 e.